The van der Waals surface area contributed by atoms with Gasteiger partial charge in [0, 0.05) is 11.6 Å². The number of fused-ring (bicyclic) bond motifs is 1. The van der Waals surface area contributed by atoms with E-state index in [1.165, 1.54) is 0 Å². The number of hydrogen-bond acceptors (Lipinski definition) is 6. The van der Waals surface area contributed by atoms with E-state index in [1.54, 1.807) is 21.3 Å². The van der Waals surface area contributed by atoms with Crippen LogP contribution in [0, 0.1) is 0 Å². The van der Waals surface area contributed by atoms with Crippen molar-refractivity contribution in [1.29, 1.82) is 0 Å². The first kappa shape index (κ1) is 18.8. The Morgan fingerprint density at radius 2 is 1.56 bits per heavy atom. The van der Waals surface area contributed by atoms with E-state index in [2.05, 4.69) is 6.08 Å². The molecule has 1 aliphatic rings. The minimum atomic E-state index is 0.242. The van der Waals surface area contributed by atoms with Crippen molar-refractivity contribution in [3.63, 3.8) is 0 Å². The molecule has 0 saturated heterocycles. The van der Waals surface area contributed by atoms with E-state index >= 15 is 0 Å². The highest BCUT2D eigenvalue weighted by Crippen LogP contribution is 2.40. The Morgan fingerprint density at radius 3 is 2.15 bits per heavy atom. The molecule has 0 saturated carbocycles. The van der Waals surface area contributed by atoms with E-state index < -0.39 is 0 Å². The summed E-state index contributed by atoms with van der Waals surface area (Å²) in [6.45, 7) is 2.79. The second-order valence-corrected chi connectivity index (χ2v) is 5.81. The summed E-state index contributed by atoms with van der Waals surface area (Å²) in [5, 5.41) is 0. The summed E-state index contributed by atoms with van der Waals surface area (Å²) < 4.78 is 32.8. The zero-order chi connectivity index (χ0) is 19.2. The normalized spacial score (nSPS) is 12.3. The fourth-order valence-corrected chi connectivity index (χ4v) is 2.93. The van der Waals surface area contributed by atoms with Crippen molar-refractivity contribution < 1.29 is 28.4 Å². The van der Waals surface area contributed by atoms with Crippen LogP contribution in [0.3, 0.4) is 0 Å². The number of ether oxygens (including phenoxy) is 6. The maximum absolute atomic E-state index is 5.74. The highest BCUT2D eigenvalue weighted by Gasteiger charge is 2.17. The molecule has 0 bridgehead atoms. The maximum atomic E-state index is 5.74. The number of rotatable bonds is 8. The lowest BCUT2D eigenvalue weighted by atomic mass is 10.1. The fourth-order valence-electron chi connectivity index (χ4n) is 2.93. The van der Waals surface area contributed by atoms with Gasteiger partial charge in [-0.15, -0.1) is 0 Å². The molecule has 0 unspecified atom stereocenters. The Kier molecular flexibility index (Phi) is 5.96. The van der Waals surface area contributed by atoms with Crippen LogP contribution in [0.15, 0.2) is 30.3 Å². The van der Waals surface area contributed by atoms with Crippen molar-refractivity contribution in [2.24, 2.45) is 0 Å². The molecule has 27 heavy (non-hydrogen) atoms. The lowest BCUT2D eigenvalue weighted by Crippen LogP contribution is -1.96. The second-order valence-electron chi connectivity index (χ2n) is 5.81. The third-order valence-corrected chi connectivity index (χ3v) is 4.19. The zero-order valence-electron chi connectivity index (χ0n) is 16.0. The minimum Gasteiger partial charge on any atom is -0.493 e. The van der Waals surface area contributed by atoms with Crippen LogP contribution in [0.4, 0.5) is 0 Å². The van der Waals surface area contributed by atoms with Gasteiger partial charge in [0.15, 0.2) is 23.0 Å². The van der Waals surface area contributed by atoms with E-state index in [4.69, 9.17) is 28.4 Å². The molecule has 2 aromatic rings. The van der Waals surface area contributed by atoms with Gasteiger partial charge in [-0.2, -0.15) is 0 Å². The van der Waals surface area contributed by atoms with E-state index in [0.29, 0.717) is 30.3 Å². The van der Waals surface area contributed by atoms with Crippen molar-refractivity contribution in [3.05, 3.63) is 41.5 Å². The minimum absolute atomic E-state index is 0.242. The number of hydrogen-bond donors (Lipinski definition) is 0. The van der Waals surface area contributed by atoms with Gasteiger partial charge in [-0.25, -0.2) is 0 Å². The first-order valence-corrected chi connectivity index (χ1v) is 8.72. The lowest BCUT2D eigenvalue weighted by molar-refractivity contribution is 0.173. The van der Waals surface area contributed by atoms with Crippen molar-refractivity contribution in [3.8, 4) is 34.5 Å². The number of allylic oxidation sites excluding steroid dienone is 1. The Balaban J connectivity index is 1.83. The van der Waals surface area contributed by atoms with E-state index in [0.717, 1.165) is 28.4 Å². The lowest BCUT2D eigenvalue weighted by Gasteiger charge is -2.13. The standard InChI is InChI=1S/C21H24O6/c1-5-25-16-12-18-17(26-13-27-18)11-15(16)8-6-7-14-9-19(22-2)21(24-4)20(10-14)23-3/h6-7,9-12H,5,8,13H2,1-4H3/b7-6-. The topological polar surface area (TPSA) is 55.4 Å². The van der Waals surface area contributed by atoms with Crippen LogP contribution in [-0.2, 0) is 6.42 Å². The van der Waals surface area contributed by atoms with Crippen molar-refractivity contribution >= 4 is 6.08 Å². The fraction of sp³-hybridized carbons (Fsp3) is 0.333. The van der Waals surface area contributed by atoms with E-state index in [1.807, 2.05) is 37.3 Å². The monoisotopic (exact) mass is 372 g/mol. The van der Waals surface area contributed by atoms with Gasteiger partial charge < -0.3 is 28.4 Å². The molecule has 2 aromatic carbocycles. The molecule has 0 atom stereocenters. The molecule has 0 amide bonds. The number of methoxy groups -OCH3 is 3. The molecular formula is C21H24O6. The van der Waals surface area contributed by atoms with Crippen LogP contribution in [-0.4, -0.2) is 34.7 Å². The molecule has 144 valence electrons. The Bertz CT molecular complexity index is 803. The van der Waals surface area contributed by atoms with E-state index in [9.17, 15) is 0 Å². The molecule has 0 radical (unpaired) electrons. The molecule has 6 heteroatoms. The van der Waals surface area contributed by atoms with Gasteiger partial charge in [0.05, 0.1) is 27.9 Å². The summed E-state index contributed by atoms with van der Waals surface area (Å²) in [6, 6.07) is 7.66. The maximum Gasteiger partial charge on any atom is 0.231 e. The van der Waals surface area contributed by atoms with Crippen LogP contribution in [0.1, 0.15) is 18.1 Å². The van der Waals surface area contributed by atoms with Gasteiger partial charge >= 0.3 is 0 Å². The third-order valence-electron chi connectivity index (χ3n) is 4.19. The first-order valence-electron chi connectivity index (χ1n) is 8.72. The summed E-state index contributed by atoms with van der Waals surface area (Å²) in [5.74, 6) is 4.08. The van der Waals surface area contributed by atoms with Crippen molar-refractivity contribution in [2.45, 2.75) is 13.3 Å². The zero-order valence-corrected chi connectivity index (χ0v) is 16.0. The summed E-state index contributed by atoms with van der Waals surface area (Å²) in [7, 11) is 4.79. The Hall–Kier alpha value is -3.02. The molecule has 3 rings (SSSR count). The molecule has 0 spiro atoms. The summed E-state index contributed by atoms with van der Waals surface area (Å²) in [4.78, 5) is 0. The average molecular weight is 372 g/mol. The predicted molar refractivity (Wildman–Crippen MR) is 103 cm³/mol. The van der Waals surface area contributed by atoms with Gasteiger partial charge in [-0.3, -0.25) is 0 Å². The molecule has 0 aromatic heterocycles. The summed E-state index contributed by atoms with van der Waals surface area (Å²) in [6.07, 6.45) is 4.74. The van der Waals surface area contributed by atoms with Crippen LogP contribution in [0.2, 0.25) is 0 Å². The quantitative estimate of drug-likeness (QED) is 0.696. The molecule has 0 fully saturated rings. The van der Waals surface area contributed by atoms with Crippen molar-refractivity contribution in [1.82, 2.24) is 0 Å². The van der Waals surface area contributed by atoms with E-state index in [-0.39, 0.29) is 6.79 Å². The van der Waals surface area contributed by atoms with Gasteiger partial charge in [-0.1, -0.05) is 12.2 Å². The Morgan fingerprint density at radius 1 is 0.889 bits per heavy atom. The Labute approximate surface area is 159 Å². The molecular weight excluding hydrogens is 348 g/mol. The van der Waals surface area contributed by atoms with Gasteiger partial charge in [-0.05, 0) is 37.1 Å². The SMILES string of the molecule is CCOc1cc2c(cc1C/C=C\c1cc(OC)c(OC)c(OC)c1)OCO2. The predicted octanol–water partition coefficient (Wildman–Crippen LogP) is 4.10. The van der Waals surface area contributed by atoms with Crippen LogP contribution in [0.25, 0.3) is 6.08 Å². The second kappa shape index (κ2) is 8.58. The summed E-state index contributed by atoms with van der Waals surface area (Å²) >= 11 is 0. The molecule has 1 heterocycles. The average Bonchev–Trinajstić information content (AvgIpc) is 3.14. The van der Waals surface area contributed by atoms with Crippen LogP contribution >= 0.6 is 0 Å². The molecule has 1 aliphatic heterocycles. The third kappa shape index (κ3) is 4.05. The van der Waals surface area contributed by atoms with Crippen LogP contribution in [0.5, 0.6) is 34.5 Å². The number of benzene rings is 2. The molecule has 0 N–H and O–H groups in total. The van der Waals surface area contributed by atoms with Gasteiger partial charge in [0.25, 0.3) is 0 Å². The molecule has 6 nitrogen and oxygen atoms in total. The highest BCUT2D eigenvalue weighted by molar-refractivity contribution is 5.62. The largest absolute Gasteiger partial charge is 0.493 e. The van der Waals surface area contributed by atoms with Crippen molar-refractivity contribution in [2.75, 3.05) is 34.7 Å². The molecule has 0 aliphatic carbocycles. The smallest absolute Gasteiger partial charge is 0.231 e. The highest BCUT2D eigenvalue weighted by atomic mass is 16.7. The summed E-state index contributed by atoms with van der Waals surface area (Å²) in [5.41, 5.74) is 1.98. The van der Waals surface area contributed by atoms with Gasteiger partial charge in [0.2, 0.25) is 12.5 Å². The van der Waals surface area contributed by atoms with Crippen LogP contribution < -0.4 is 28.4 Å². The van der Waals surface area contributed by atoms with Gasteiger partial charge in [0.1, 0.15) is 5.75 Å². The first-order chi connectivity index (χ1) is 13.2.